The number of carbonyl (C=O) groups is 1. The molecule has 18 heavy (non-hydrogen) atoms. The van der Waals surface area contributed by atoms with Gasteiger partial charge in [-0.25, -0.2) is 4.79 Å². The van der Waals surface area contributed by atoms with Gasteiger partial charge in [-0.1, -0.05) is 6.07 Å². The molecule has 0 aliphatic carbocycles. The van der Waals surface area contributed by atoms with Gasteiger partial charge in [-0.2, -0.15) is 0 Å². The van der Waals surface area contributed by atoms with E-state index in [-0.39, 0.29) is 5.78 Å². The van der Waals surface area contributed by atoms with Gasteiger partial charge in [-0.15, -0.1) is 0 Å². The second-order valence-corrected chi connectivity index (χ2v) is 4.33. The van der Waals surface area contributed by atoms with E-state index in [2.05, 4.69) is 10.3 Å². The summed E-state index contributed by atoms with van der Waals surface area (Å²) >= 11 is 0. The molecule has 2 N–H and O–H groups in total. The second kappa shape index (κ2) is 5.64. The van der Waals surface area contributed by atoms with Crippen LogP contribution in [0.2, 0.25) is 0 Å². The van der Waals surface area contributed by atoms with Gasteiger partial charge in [-0.3, -0.25) is 4.98 Å². The van der Waals surface area contributed by atoms with Crippen molar-refractivity contribution in [3.63, 3.8) is 0 Å². The lowest BCUT2D eigenvalue weighted by atomic mass is 10.2. The highest BCUT2D eigenvalue weighted by Gasteiger charge is 2.01. The number of ketones is 1. The number of hydrogen-bond donors (Lipinski definition) is 2. The highest BCUT2D eigenvalue weighted by molar-refractivity contribution is 5.75. The molecule has 0 radical (unpaired) electrons. The number of aromatic nitrogens is 1. The van der Waals surface area contributed by atoms with Crippen LogP contribution in [-0.4, -0.2) is 17.3 Å². The van der Waals surface area contributed by atoms with Crippen LogP contribution in [-0.2, 0) is 11.3 Å². The van der Waals surface area contributed by atoms with Crippen LogP contribution < -0.4 is 11.1 Å². The van der Waals surface area contributed by atoms with Crippen LogP contribution in [0.3, 0.4) is 0 Å². The largest absolute Gasteiger partial charge is 0.417 e. The Labute approximate surface area is 104 Å². The molecule has 1 heterocycles. The minimum Gasteiger partial charge on any atom is -0.408 e. The summed E-state index contributed by atoms with van der Waals surface area (Å²) in [4.78, 5) is 24.4. The third-order valence-corrected chi connectivity index (χ3v) is 2.69. The van der Waals surface area contributed by atoms with Gasteiger partial charge in [0.1, 0.15) is 5.78 Å². The summed E-state index contributed by atoms with van der Waals surface area (Å²) in [5.41, 5.74) is 2.35. The van der Waals surface area contributed by atoms with Crippen LogP contribution in [0.15, 0.2) is 27.4 Å². The normalized spacial score (nSPS) is 10.9. The fourth-order valence-electron chi connectivity index (χ4n) is 1.80. The van der Waals surface area contributed by atoms with Crippen LogP contribution in [0.25, 0.3) is 11.1 Å². The summed E-state index contributed by atoms with van der Waals surface area (Å²) in [5.74, 6) is -0.217. The number of aromatic amines is 1. The van der Waals surface area contributed by atoms with Gasteiger partial charge in [0.25, 0.3) is 0 Å². The first-order valence-electron chi connectivity index (χ1n) is 5.97. The molecule has 0 bridgehead atoms. The number of benzene rings is 1. The van der Waals surface area contributed by atoms with Crippen molar-refractivity contribution in [2.75, 3.05) is 6.54 Å². The first-order valence-corrected chi connectivity index (χ1v) is 5.97. The molecule has 0 saturated carbocycles. The molecule has 5 heteroatoms. The molecule has 0 saturated heterocycles. The lowest BCUT2D eigenvalue weighted by molar-refractivity contribution is -0.117. The fraction of sp³-hybridized carbons (Fsp3) is 0.385. The molecule has 2 rings (SSSR count). The molecule has 0 aliphatic rings. The van der Waals surface area contributed by atoms with Gasteiger partial charge in [0, 0.05) is 13.0 Å². The van der Waals surface area contributed by atoms with Gasteiger partial charge in [0.05, 0.1) is 5.52 Å². The fourth-order valence-corrected chi connectivity index (χ4v) is 1.80. The maximum Gasteiger partial charge on any atom is 0.417 e. The van der Waals surface area contributed by atoms with E-state index in [1.54, 1.807) is 13.0 Å². The number of rotatable bonds is 6. The van der Waals surface area contributed by atoms with Gasteiger partial charge < -0.3 is 14.5 Å². The Bertz CT molecular complexity index is 598. The maximum absolute atomic E-state index is 11.0. The van der Waals surface area contributed by atoms with Crippen LogP contribution >= 0.6 is 0 Å². The number of hydrogen-bond acceptors (Lipinski definition) is 4. The van der Waals surface area contributed by atoms with Crippen molar-refractivity contribution >= 4 is 16.9 Å². The molecule has 0 amide bonds. The zero-order valence-electron chi connectivity index (χ0n) is 10.3. The van der Waals surface area contributed by atoms with E-state index < -0.39 is 5.76 Å². The van der Waals surface area contributed by atoms with E-state index in [4.69, 9.17) is 4.42 Å². The monoisotopic (exact) mass is 248 g/mol. The highest BCUT2D eigenvalue weighted by Crippen LogP contribution is 2.11. The van der Waals surface area contributed by atoms with E-state index in [9.17, 15) is 9.59 Å². The molecule has 0 atom stereocenters. The molecule has 1 aromatic heterocycles. The molecular weight excluding hydrogens is 232 g/mol. The molecule has 0 unspecified atom stereocenters. The zero-order valence-corrected chi connectivity index (χ0v) is 10.3. The van der Waals surface area contributed by atoms with E-state index in [1.807, 2.05) is 12.1 Å². The van der Waals surface area contributed by atoms with Gasteiger partial charge >= 0.3 is 5.76 Å². The standard InChI is InChI=1S/C13H16N2O3/c1-9(16)3-2-6-14-8-10-4-5-12-11(7-10)15-13(17)18-12/h4-5,7,14H,2-3,6,8H2,1H3,(H,15,17). The van der Waals surface area contributed by atoms with Crippen molar-refractivity contribution in [3.8, 4) is 0 Å². The molecule has 0 aliphatic heterocycles. The topological polar surface area (TPSA) is 75.1 Å². The van der Waals surface area contributed by atoms with Crippen molar-refractivity contribution in [1.29, 1.82) is 0 Å². The SMILES string of the molecule is CC(=O)CCCNCc1ccc2oc(=O)[nH]c2c1. The first-order chi connectivity index (χ1) is 8.65. The number of nitrogens with one attached hydrogen (secondary N) is 2. The Balaban J connectivity index is 1.87. The van der Waals surface area contributed by atoms with E-state index in [1.165, 1.54) is 0 Å². The summed E-state index contributed by atoms with van der Waals surface area (Å²) in [6.45, 7) is 3.11. The average molecular weight is 248 g/mol. The summed E-state index contributed by atoms with van der Waals surface area (Å²) in [6.07, 6.45) is 1.46. The molecule has 0 spiro atoms. The van der Waals surface area contributed by atoms with Crippen LogP contribution in [0.1, 0.15) is 25.3 Å². The number of oxazole rings is 1. The van der Waals surface area contributed by atoms with E-state index in [0.717, 1.165) is 18.5 Å². The summed E-state index contributed by atoms with van der Waals surface area (Å²) in [5, 5.41) is 3.25. The van der Waals surface area contributed by atoms with Gasteiger partial charge in [0.15, 0.2) is 5.58 Å². The summed E-state index contributed by atoms with van der Waals surface area (Å²) in [6, 6.07) is 5.58. The zero-order chi connectivity index (χ0) is 13.0. The Hall–Kier alpha value is -1.88. The van der Waals surface area contributed by atoms with Crippen molar-refractivity contribution in [3.05, 3.63) is 34.3 Å². The Morgan fingerprint density at radius 2 is 2.28 bits per heavy atom. The number of Topliss-reactive ketones (excluding diaryl/α,β-unsaturated/α-hetero) is 1. The maximum atomic E-state index is 11.0. The van der Waals surface area contributed by atoms with Crippen molar-refractivity contribution in [2.24, 2.45) is 0 Å². The number of fused-ring (bicyclic) bond motifs is 1. The smallest absolute Gasteiger partial charge is 0.408 e. The minimum absolute atomic E-state index is 0.217. The highest BCUT2D eigenvalue weighted by atomic mass is 16.4. The summed E-state index contributed by atoms with van der Waals surface area (Å²) < 4.78 is 4.92. The molecule has 2 aromatic rings. The van der Waals surface area contributed by atoms with E-state index in [0.29, 0.717) is 24.1 Å². The molecule has 5 nitrogen and oxygen atoms in total. The first kappa shape index (κ1) is 12.6. The lowest BCUT2D eigenvalue weighted by Crippen LogP contribution is -2.15. The predicted molar refractivity (Wildman–Crippen MR) is 68.5 cm³/mol. The molecule has 1 aromatic carbocycles. The van der Waals surface area contributed by atoms with Crippen molar-refractivity contribution < 1.29 is 9.21 Å². The molecular formula is C13H16N2O3. The predicted octanol–water partition coefficient (Wildman–Crippen LogP) is 1.58. The average Bonchev–Trinajstić information content (AvgIpc) is 2.67. The van der Waals surface area contributed by atoms with Crippen LogP contribution in [0.4, 0.5) is 0 Å². The minimum atomic E-state index is -0.434. The second-order valence-electron chi connectivity index (χ2n) is 4.33. The Morgan fingerprint density at radius 3 is 3.06 bits per heavy atom. The van der Waals surface area contributed by atoms with Gasteiger partial charge in [0.2, 0.25) is 0 Å². The van der Waals surface area contributed by atoms with Crippen LogP contribution in [0, 0.1) is 0 Å². The third kappa shape index (κ3) is 3.30. The van der Waals surface area contributed by atoms with Crippen LogP contribution in [0.5, 0.6) is 0 Å². The summed E-state index contributed by atoms with van der Waals surface area (Å²) in [7, 11) is 0. The van der Waals surface area contributed by atoms with Crippen molar-refractivity contribution in [1.82, 2.24) is 10.3 Å². The van der Waals surface area contributed by atoms with Gasteiger partial charge in [-0.05, 0) is 37.6 Å². The number of carbonyl (C=O) groups excluding carboxylic acids is 1. The Morgan fingerprint density at radius 1 is 1.44 bits per heavy atom. The quantitative estimate of drug-likeness (QED) is 0.761. The van der Waals surface area contributed by atoms with E-state index >= 15 is 0 Å². The van der Waals surface area contributed by atoms with Crippen molar-refractivity contribution in [2.45, 2.75) is 26.3 Å². The lowest BCUT2D eigenvalue weighted by Gasteiger charge is -2.03. The Kier molecular flexibility index (Phi) is 3.94. The molecule has 96 valence electrons. The number of H-pyrrole nitrogens is 1. The molecule has 0 fully saturated rings. The third-order valence-electron chi connectivity index (χ3n) is 2.69.